The maximum absolute atomic E-state index is 5.66. The molecule has 0 aliphatic heterocycles. The minimum absolute atomic E-state index is 0.559. The highest BCUT2D eigenvalue weighted by Crippen LogP contribution is 2.33. The summed E-state index contributed by atoms with van der Waals surface area (Å²) in [5.74, 6) is 4.25. The molecule has 0 amide bonds. The van der Waals surface area contributed by atoms with Crippen LogP contribution in [-0.4, -0.2) is 15.2 Å². The van der Waals surface area contributed by atoms with Gasteiger partial charge >= 0.3 is 0 Å². The van der Waals surface area contributed by atoms with Gasteiger partial charge in [-0.2, -0.15) is 5.10 Å². The van der Waals surface area contributed by atoms with Crippen molar-refractivity contribution in [2.45, 2.75) is 58.8 Å². The molecule has 3 rings (SSSR count). The zero-order chi connectivity index (χ0) is 13.4. The topological polar surface area (TPSA) is 54.7 Å². The van der Waals surface area contributed by atoms with Crippen LogP contribution in [0.2, 0.25) is 0 Å². The Balaban J connectivity index is 1.92. The molecule has 1 saturated carbocycles. The van der Waals surface area contributed by atoms with E-state index in [-0.39, 0.29) is 0 Å². The van der Waals surface area contributed by atoms with Gasteiger partial charge in [0, 0.05) is 11.5 Å². The van der Waals surface area contributed by atoms with E-state index in [2.05, 4.69) is 17.1 Å². The fourth-order valence-corrected chi connectivity index (χ4v) is 3.07. The molecule has 0 spiro atoms. The van der Waals surface area contributed by atoms with Crippen LogP contribution >= 0.6 is 0 Å². The molecular formula is C15H21N3O. The van der Waals surface area contributed by atoms with Gasteiger partial charge in [0.15, 0.2) is 5.82 Å². The van der Waals surface area contributed by atoms with Gasteiger partial charge in [-0.3, -0.25) is 5.10 Å². The summed E-state index contributed by atoms with van der Waals surface area (Å²) in [6, 6.07) is 0. The van der Waals surface area contributed by atoms with E-state index in [4.69, 9.17) is 9.40 Å². The number of aromatic nitrogens is 3. The van der Waals surface area contributed by atoms with Crippen molar-refractivity contribution in [3.8, 4) is 11.4 Å². The summed E-state index contributed by atoms with van der Waals surface area (Å²) in [5, 5.41) is 7.54. The second-order valence-electron chi connectivity index (χ2n) is 5.59. The molecule has 1 aliphatic rings. The van der Waals surface area contributed by atoms with Gasteiger partial charge < -0.3 is 4.42 Å². The molecule has 2 aromatic rings. The second kappa shape index (κ2) is 4.83. The molecule has 0 bridgehead atoms. The summed E-state index contributed by atoms with van der Waals surface area (Å²) in [7, 11) is 0. The number of furan rings is 1. The summed E-state index contributed by atoms with van der Waals surface area (Å²) >= 11 is 0. The first kappa shape index (κ1) is 12.5. The maximum Gasteiger partial charge on any atom is 0.184 e. The highest BCUT2D eigenvalue weighted by Gasteiger charge is 2.22. The lowest BCUT2D eigenvalue weighted by atomic mass is 9.89. The van der Waals surface area contributed by atoms with Gasteiger partial charge in [-0.15, -0.1) is 0 Å². The fraction of sp³-hybridized carbons (Fsp3) is 0.600. The van der Waals surface area contributed by atoms with Crippen molar-refractivity contribution in [3.05, 3.63) is 22.9 Å². The number of nitrogens with one attached hydrogen (secondary N) is 1. The maximum atomic E-state index is 5.66. The molecular weight excluding hydrogens is 238 g/mol. The van der Waals surface area contributed by atoms with Crippen LogP contribution in [-0.2, 0) is 0 Å². The smallest absolute Gasteiger partial charge is 0.184 e. The molecule has 0 radical (unpaired) electrons. The molecule has 0 unspecified atom stereocenters. The molecule has 19 heavy (non-hydrogen) atoms. The summed E-state index contributed by atoms with van der Waals surface area (Å²) < 4.78 is 5.66. The van der Waals surface area contributed by atoms with Crippen LogP contribution in [0.1, 0.15) is 60.9 Å². The van der Waals surface area contributed by atoms with Crippen molar-refractivity contribution in [1.29, 1.82) is 0 Å². The quantitative estimate of drug-likeness (QED) is 0.885. The zero-order valence-electron chi connectivity index (χ0n) is 11.9. The molecule has 4 nitrogen and oxygen atoms in total. The van der Waals surface area contributed by atoms with E-state index in [1.54, 1.807) is 0 Å². The number of rotatable bonds is 2. The summed E-state index contributed by atoms with van der Waals surface area (Å²) in [4.78, 5) is 4.71. The van der Waals surface area contributed by atoms with Crippen LogP contribution in [0.5, 0.6) is 0 Å². The Labute approximate surface area is 113 Å². The number of aromatic amines is 1. The van der Waals surface area contributed by atoms with Crippen molar-refractivity contribution in [2.24, 2.45) is 0 Å². The van der Waals surface area contributed by atoms with E-state index in [9.17, 15) is 0 Å². The third kappa shape index (κ3) is 2.20. The molecule has 0 atom stereocenters. The minimum Gasteiger partial charge on any atom is -0.466 e. The van der Waals surface area contributed by atoms with E-state index in [1.807, 2.05) is 13.8 Å². The number of nitrogens with zero attached hydrogens (tertiary/aromatic N) is 2. The molecule has 1 aliphatic carbocycles. The van der Waals surface area contributed by atoms with Crippen molar-refractivity contribution in [3.63, 3.8) is 0 Å². The van der Waals surface area contributed by atoms with Crippen LogP contribution in [0.3, 0.4) is 0 Å². The molecule has 0 saturated heterocycles. The first-order chi connectivity index (χ1) is 9.16. The standard InChI is InChI=1S/C15H21N3O/c1-9-10(2)19-11(3)13(9)15-16-14(17-18-15)12-7-5-4-6-8-12/h12H,4-8H2,1-3H3,(H,16,17,18). The van der Waals surface area contributed by atoms with Crippen molar-refractivity contribution < 1.29 is 4.42 Å². The number of aryl methyl sites for hydroxylation is 2. The van der Waals surface area contributed by atoms with Crippen LogP contribution in [0, 0.1) is 20.8 Å². The Morgan fingerprint density at radius 2 is 1.79 bits per heavy atom. The normalized spacial score (nSPS) is 17.0. The Hall–Kier alpha value is -1.58. The van der Waals surface area contributed by atoms with Crippen molar-refractivity contribution in [2.75, 3.05) is 0 Å². The van der Waals surface area contributed by atoms with Crippen LogP contribution in [0.15, 0.2) is 4.42 Å². The van der Waals surface area contributed by atoms with Gasteiger partial charge in [0.2, 0.25) is 0 Å². The Kier molecular flexibility index (Phi) is 3.17. The van der Waals surface area contributed by atoms with Gasteiger partial charge in [-0.1, -0.05) is 19.3 Å². The average Bonchev–Trinajstić information content (AvgIpc) is 2.97. The Bertz CT molecular complexity index is 576. The number of hydrogen-bond donors (Lipinski definition) is 1. The third-order valence-corrected chi connectivity index (χ3v) is 4.28. The predicted molar refractivity (Wildman–Crippen MR) is 74.1 cm³/mol. The van der Waals surface area contributed by atoms with Crippen molar-refractivity contribution >= 4 is 0 Å². The Morgan fingerprint density at radius 1 is 1.05 bits per heavy atom. The molecule has 0 aromatic carbocycles. The second-order valence-corrected chi connectivity index (χ2v) is 5.59. The average molecular weight is 259 g/mol. The first-order valence-corrected chi connectivity index (χ1v) is 7.16. The molecule has 1 N–H and O–H groups in total. The third-order valence-electron chi connectivity index (χ3n) is 4.28. The molecule has 2 aromatic heterocycles. The first-order valence-electron chi connectivity index (χ1n) is 7.16. The lowest BCUT2D eigenvalue weighted by Crippen LogP contribution is -2.06. The molecule has 4 heteroatoms. The van der Waals surface area contributed by atoms with Gasteiger partial charge in [-0.05, 0) is 33.6 Å². The van der Waals surface area contributed by atoms with E-state index in [0.717, 1.165) is 34.3 Å². The van der Waals surface area contributed by atoms with Crippen molar-refractivity contribution in [1.82, 2.24) is 15.2 Å². The SMILES string of the molecule is Cc1oc(C)c(-c2n[nH]c(C3CCCCC3)n2)c1C. The summed E-state index contributed by atoms with van der Waals surface area (Å²) in [6.45, 7) is 6.03. The fourth-order valence-electron chi connectivity index (χ4n) is 3.07. The largest absolute Gasteiger partial charge is 0.466 e. The predicted octanol–water partition coefficient (Wildman–Crippen LogP) is 4.04. The minimum atomic E-state index is 0.559. The lowest BCUT2D eigenvalue weighted by molar-refractivity contribution is 0.429. The van der Waals surface area contributed by atoms with Crippen LogP contribution in [0.4, 0.5) is 0 Å². The molecule has 2 heterocycles. The molecule has 1 fully saturated rings. The highest BCUT2D eigenvalue weighted by atomic mass is 16.3. The van der Waals surface area contributed by atoms with Gasteiger partial charge in [0.1, 0.15) is 17.3 Å². The number of hydrogen-bond acceptors (Lipinski definition) is 3. The monoisotopic (exact) mass is 259 g/mol. The summed E-state index contributed by atoms with van der Waals surface area (Å²) in [5.41, 5.74) is 2.20. The lowest BCUT2D eigenvalue weighted by Gasteiger charge is -2.18. The number of H-pyrrole nitrogens is 1. The van der Waals surface area contributed by atoms with E-state index < -0.39 is 0 Å². The van der Waals surface area contributed by atoms with Gasteiger partial charge in [0.05, 0.1) is 5.56 Å². The van der Waals surface area contributed by atoms with E-state index >= 15 is 0 Å². The molecule has 102 valence electrons. The summed E-state index contributed by atoms with van der Waals surface area (Å²) in [6.07, 6.45) is 6.44. The Morgan fingerprint density at radius 3 is 2.42 bits per heavy atom. The van der Waals surface area contributed by atoms with E-state index in [1.165, 1.54) is 32.1 Å². The van der Waals surface area contributed by atoms with Crippen LogP contribution in [0.25, 0.3) is 11.4 Å². The van der Waals surface area contributed by atoms with Gasteiger partial charge in [-0.25, -0.2) is 4.98 Å². The van der Waals surface area contributed by atoms with E-state index in [0.29, 0.717) is 5.92 Å². The van der Waals surface area contributed by atoms with Crippen LogP contribution < -0.4 is 0 Å². The highest BCUT2D eigenvalue weighted by molar-refractivity contribution is 5.63. The zero-order valence-corrected chi connectivity index (χ0v) is 11.9. The van der Waals surface area contributed by atoms with Gasteiger partial charge in [0.25, 0.3) is 0 Å².